The van der Waals surface area contributed by atoms with E-state index in [4.69, 9.17) is 0 Å². The molecule has 3 heteroatoms. The van der Waals surface area contributed by atoms with Crippen molar-refractivity contribution in [3.63, 3.8) is 0 Å². The highest BCUT2D eigenvalue weighted by Crippen LogP contribution is 2.23. The van der Waals surface area contributed by atoms with Gasteiger partial charge in [-0.05, 0) is 49.9 Å². The molecule has 22 heavy (non-hydrogen) atoms. The zero-order valence-electron chi connectivity index (χ0n) is 12.8. The van der Waals surface area contributed by atoms with Gasteiger partial charge >= 0.3 is 0 Å². The number of aryl methyl sites for hydroxylation is 1. The highest BCUT2D eigenvalue weighted by atomic mass is 19.1. The Kier molecular flexibility index (Phi) is 4.23. The maximum Gasteiger partial charge on any atom is 0.254 e. The number of hydrogen-bond donors (Lipinski definition) is 0. The quantitative estimate of drug-likeness (QED) is 0.839. The van der Waals surface area contributed by atoms with Crippen molar-refractivity contribution in [1.29, 1.82) is 0 Å². The van der Waals surface area contributed by atoms with Crippen molar-refractivity contribution in [1.82, 2.24) is 4.90 Å². The molecule has 0 radical (unpaired) electrons. The van der Waals surface area contributed by atoms with Crippen molar-refractivity contribution >= 4 is 5.91 Å². The summed E-state index contributed by atoms with van der Waals surface area (Å²) in [6.07, 6.45) is 2.88. The number of amides is 1. The molecule has 0 N–H and O–H groups in total. The van der Waals surface area contributed by atoms with Gasteiger partial charge in [0, 0.05) is 18.2 Å². The summed E-state index contributed by atoms with van der Waals surface area (Å²) < 4.78 is 13.3. The number of rotatable bonds is 3. The molecule has 1 atom stereocenters. The van der Waals surface area contributed by atoms with Crippen LogP contribution in [0.3, 0.4) is 0 Å². The van der Waals surface area contributed by atoms with E-state index in [1.54, 1.807) is 12.1 Å². The summed E-state index contributed by atoms with van der Waals surface area (Å²) in [7, 11) is 0. The standard InChI is InChI=1S/C19H20FNO/c1-14-7-9-15(10-8-14)12-18-6-3-11-21(18)19(22)16-4-2-5-17(20)13-16/h2,4-5,7-10,13,18H,3,6,11-12H2,1H3. The Morgan fingerprint density at radius 2 is 2.00 bits per heavy atom. The van der Waals surface area contributed by atoms with E-state index in [1.807, 2.05) is 4.90 Å². The van der Waals surface area contributed by atoms with E-state index in [1.165, 1.54) is 23.3 Å². The van der Waals surface area contributed by atoms with Gasteiger partial charge in [-0.1, -0.05) is 35.9 Å². The van der Waals surface area contributed by atoms with Crippen molar-refractivity contribution in [2.45, 2.75) is 32.2 Å². The van der Waals surface area contributed by atoms with Gasteiger partial charge in [0.15, 0.2) is 0 Å². The molecule has 1 fully saturated rings. The molecule has 0 aliphatic carbocycles. The monoisotopic (exact) mass is 297 g/mol. The number of carbonyl (C=O) groups is 1. The van der Waals surface area contributed by atoms with Crippen LogP contribution in [0.5, 0.6) is 0 Å². The van der Waals surface area contributed by atoms with Gasteiger partial charge in [0.05, 0.1) is 0 Å². The van der Waals surface area contributed by atoms with Crippen LogP contribution in [0.15, 0.2) is 48.5 Å². The van der Waals surface area contributed by atoms with Crippen LogP contribution in [0.1, 0.15) is 34.3 Å². The van der Waals surface area contributed by atoms with E-state index in [0.717, 1.165) is 25.8 Å². The fourth-order valence-electron chi connectivity index (χ4n) is 3.10. The van der Waals surface area contributed by atoms with Crippen LogP contribution in [-0.4, -0.2) is 23.4 Å². The van der Waals surface area contributed by atoms with Gasteiger partial charge in [0.2, 0.25) is 0 Å². The largest absolute Gasteiger partial charge is 0.335 e. The average molecular weight is 297 g/mol. The molecule has 1 saturated heterocycles. The Bertz CT molecular complexity index is 665. The van der Waals surface area contributed by atoms with Crippen LogP contribution in [0.25, 0.3) is 0 Å². The van der Waals surface area contributed by atoms with Crippen molar-refractivity contribution < 1.29 is 9.18 Å². The van der Waals surface area contributed by atoms with E-state index in [9.17, 15) is 9.18 Å². The Morgan fingerprint density at radius 3 is 2.73 bits per heavy atom. The molecule has 1 aliphatic rings. The lowest BCUT2D eigenvalue weighted by Crippen LogP contribution is -2.36. The van der Waals surface area contributed by atoms with Crippen LogP contribution in [-0.2, 0) is 6.42 Å². The first-order valence-corrected chi connectivity index (χ1v) is 7.75. The molecule has 2 aromatic carbocycles. The molecule has 0 spiro atoms. The molecular formula is C19H20FNO. The van der Waals surface area contributed by atoms with Crippen molar-refractivity contribution in [3.05, 3.63) is 71.0 Å². The Balaban J connectivity index is 1.75. The summed E-state index contributed by atoms with van der Waals surface area (Å²) in [5.74, 6) is -0.422. The maximum absolute atomic E-state index is 13.3. The molecular weight excluding hydrogens is 277 g/mol. The van der Waals surface area contributed by atoms with Crippen LogP contribution in [0.2, 0.25) is 0 Å². The number of benzene rings is 2. The van der Waals surface area contributed by atoms with Gasteiger partial charge in [0.25, 0.3) is 5.91 Å². The van der Waals surface area contributed by atoms with Crippen LogP contribution in [0, 0.1) is 12.7 Å². The highest BCUT2D eigenvalue weighted by molar-refractivity contribution is 5.94. The van der Waals surface area contributed by atoms with Crippen LogP contribution in [0.4, 0.5) is 4.39 Å². The number of nitrogens with zero attached hydrogens (tertiary/aromatic N) is 1. The van der Waals surface area contributed by atoms with Gasteiger partial charge in [-0.3, -0.25) is 4.79 Å². The molecule has 1 amide bonds. The van der Waals surface area contributed by atoms with Crippen LogP contribution >= 0.6 is 0 Å². The van der Waals surface area contributed by atoms with E-state index < -0.39 is 0 Å². The van der Waals surface area contributed by atoms with Crippen LogP contribution < -0.4 is 0 Å². The van der Waals surface area contributed by atoms with E-state index in [2.05, 4.69) is 31.2 Å². The molecule has 0 saturated carbocycles. The lowest BCUT2D eigenvalue weighted by Gasteiger charge is -2.25. The van der Waals surface area contributed by atoms with Gasteiger partial charge in [-0.2, -0.15) is 0 Å². The molecule has 1 aliphatic heterocycles. The minimum absolute atomic E-state index is 0.0610. The molecule has 1 unspecified atom stereocenters. The third-order valence-electron chi connectivity index (χ3n) is 4.30. The fraction of sp³-hybridized carbons (Fsp3) is 0.316. The second-order valence-corrected chi connectivity index (χ2v) is 5.99. The van der Waals surface area contributed by atoms with E-state index in [-0.39, 0.29) is 17.8 Å². The molecule has 2 nitrogen and oxygen atoms in total. The van der Waals surface area contributed by atoms with Gasteiger partial charge in [-0.25, -0.2) is 4.39 Å². The van der Waals surface area contributed by atoms with E-state index in [0.29, 0.717) is 5.56 Å². The van der Waals surface area contributed by atoms with Crippen molar-refractivity contribution in [3.8, 4) is 0 Å². The summed E-state index contributed by atoms with van der Waals surface area (Å²) in [5, 5.41) is 0. The fourth-order valence-corrected chi connectivity index (χ4v) is 3.10. The molecule has 0 aromatic heterocycles. The molecule has 114 valence electrons. The van der Waals surface area contributed by atoms with Gasteiger partial charge in [0.1, 0.15) is 5.82 Å². The van der Waals surface area contributed by atoms with Crippen molar-refractivity contribution in [2.24, 2.45) is 0 Å². The second kappa shape index (κ2) is 6.30. The first-order valence-electron chi connectivity index (χ1n) is 7.75. The Morgan fingerprint density at radius 1 is 1.23 bits per heavy atom. The summed E-state index contributed by atoms with van der Waals surface area (Å²) in [5.41, 5.74) is 2.92. The third-order valence-corrected chi connectivity index (χ3v) is 4.30. The lowest BCUT2D eigenvalue weighted by molar-refractivity contribution is 0.0736. The Hall–Kier alpha value is -2.16. The Labute approximate surface area is 130 Å². The maximum atomic E-state index is 13.3. The number of carbonyl (C=O) groups excluding carboxylic acids is 1. The summed E-state index contributed by atoms with van der Waals surface area (Å²) in [6.45, 7) is 2.82. The smallest absolute Gasteiger partial charge is 0.254 e. The molecule has 1 heterocycles. The van der Waals surface area contributed by atoms with Gasteiger partial charge in [-0.15, -0.1) is 0 Å². The zero-order chi connectivity index (χ0) is 15.5. The lowest BCUT2D eigenvalue weighted by atomic mass is 10.0. The first-order chi connectivity index (χ1) is 10.6. The highest BCUT2D eigenvalue weighted by Gasteiger charge is 2.29. The van der Waals surface area contributed by atoms with E-state index >= 15 is 0 Å². The summed E-state index contributed by atoms with van der Waals surface area (Å²) in [4.78, 5) is 14.5. The molecule has 2 aromatic rings. The average Bonchev–Trinajstić information content (AvgIpc) is 2.97. The number of likely N-dealkylation sites (tertiary alicyclic amines) is 1. The molecule has 0 bridgehead atoms. The van der Waals surface area contributed by atoms with Gasteiger partial charge < -0.3 is 4.90 Å². The minimum Gasteiger partial charge on any atom is -0.335 e. The SMILES string of the molecule is Cc1ccc(CC2CCCN2C(=O)c2cccc(F)c2)cc1. The number of hydrogen-bond acceptors (Lipinski definition) is 1. The predicted octanol–water partition coefficient (Wildman–Crippen LogP) is 3.98. The summed E-state index contributed by atoms with van der Waals surface area (Å²) in [6, 6.07) is 14.6. The summed E-state index contributed by atoms with van der Waals surface area (Å²) >= 11 is 0. The second-order valence-electron chi connectivity index (χ2n) is 5.99. The zero-order valence-corrected chi connectivity index (χ0v) is 12.8. The topological polar surface area (TPSA) is 20.3 Å². The minimum atomic E-state index is -0.361. The first kappa shape index (κ1) is 14.8. The van der Waals surface area contributed by atoms with Crippen molar-refractivity contribution in [2.75, 3.05) is 6.54 Å². The number of halogens is 1. The third kappa shape index (κ3) is 3.19. The predicted molar refractivity (Wildman–Crippen MR) is 85.3 cm³/mol. The molecule has 3 rings (SSSR count). The normalized spacial score (nSPS) is 17.7.